The molecule has 0 aromatic rings. The molecule has 6 atom stereocenters. The zero-order valence-electron chi connectivity index (χ0n) is 8.08. The molecule has 0 amide bonds. The molecule has 0 aromatic heterocycles. The molecule has 2 saturated heterocycles. The lowest BCUT2D eigenvalue weighted by molar-refractivity contribution is -0.160. The van der Waals surface area contributed by atoms with Crippen LogP contribution in [0.1, 0.15) is 13.8 Å². The van der Waals surface area contributed by atoms with E-state index in [1.807, 2.05) is 0 Å². The minimum Gasteiger partial charge on any atom is -0.387 e. The van der Waals surface area contributed by atoms with Crippen molar-refractivity contribution in [1.29, 1.82) is 0 Å². The molecule has 3 rings (SSSR count). The summed E-state index contributed by atoms with van der Waals surface area (Å²) in [6.07, 6.45) is -2.86. The van der Waals surface area contributed by atoms with E-state index in [0.29, 0.717) is 0 Å². The number of aliphatic hydroxyl groups excluding tert-OH is 2. The second kappa shape index (κ2) is 2.48. The molecule has 14 heavy (non-hydrogen) atoms. The number of epoxide rings is 1. The summed E-state index contributed by atoms with van der Waals surface area (Å²) in [4.78, 5) is 0. The molecule has 0 unspecified atom stereocenters. The van der Waals surface area contributed by atoms with Crippen molar-refractivity contribution in [1.82, 2.24) is 0 Å². The molecule has 2 heterocycles. The summed E-state index contributed by atoms with van der Waals surface area (Å²) in [6, 6.07) is 0. The number of rotatable bonds is 0. The first-order valence-electron chi connectivity index (χ1n) is 4.87. The standard InChI is InChI=1S/C9H14O5/c1-9(2)13-7-3(10)5-6(12-5)4(11)8(7)14-9/h3-8,10-11H,1-2H3/t3-,4+,5-,6+,7+,8-. The van der Waals surface area contributed by atoms with Crippen molar-refractivity contribution in [3.63, 3.8) is 0 Å². The predicted octanol–water partition coefficient (Wildman–Crippen LogP) is -0.991. The highest BCUT2D eigenvalue weighted by Crippen LogP contribution is 2.45. The van der Waals surface area contributed by atoms with Crippen molar-refractivity contribution < 1.29 is 24.4 Å². The van der Waals surface area contributed by atoms with Crippen LogP contribution in [0, 0.1) is 0 Å². The van der Waals surface area contributed by atoms with Crippen LogP contribution in [0.15, 0.2) is 0 Å². The van der Waals surface area contributed by atoms with E-state index in [4.69, 9.17) is 14.2 Å². The SMILES string of the molecule is CC1(C)O[C@@H]2[C@@H](O)[C@@H]3O[C@@H]3[C@@H](O)[C@@H]2O1. The maximum Gasteiger partial charge on any atom is 0.164 e. The van der Waals surface area contributed by atoms with Crippen LogP contribution < -0.4 is 0 Å². The fourth-order valence-electron chi connectivity index (χ4n) is 2.41. The number of ether oxygens (including phenoxy) is 3. The smallest absolute Gasteiger partial charge is 0.164 e. The fourth-order valence-corrected chi connectivity index (χ4v) is 2.41. The highest BCUT2D eigenvalue weighted by atomic mass is 16.8. The second-order valence-corrected chi connectivity index (χ2v) is 4.61. The highest BCUT2D eigenvalue weighted by molar-refractivity contribution is 5.11. The third-order valence-electron chi connectivity index (χ3n) is 3.07. The summed E-state index contributed by atoms with van der Waals surface area (Å²) in [6.45, 7) is 3.55. The van der Waals surface area contributed by atoms with Crippen molar-refractivity contribution in [2.75, 3.05) is 0 Å². The Kier molecular flexibility index (Phi) is 1.61. The maximum atomic E-state index is 9.80. The molecular weight excluding hydrogens is 188 g/mol. The van der Waals surface area contributed by atoms with Crippen LogP contribution in [0.2, 0.25) is 0 Å². The molecule has 1 saturated carbocycles. The Labute approximate surface area is 81.6 Å². The van der Waals surface area contributed by atoms with Gasteiger partial charge in [-0.25, -0.2) is 0 Å². The monoisotopic (exact) mass is 202 g/mol. The molecular formula is C9H14O5. The van der Waals surface area contributed by atoms with Gasteiger partial charge in [-0.3, -0.25) is 0 Å². The minimum atomic E-state index is -0.728. The van der Waals surface area contributed by atoms with Crippen LogP contribution in [0.4, 0.5) is 0 Å². The topological polar surface area (TPSA) is 71.5 Å². The minimum absolute atomic E-state index is 0.274. The summed E-state index contributed by atoms with van der Waals surface area (Å²) < 4.78 is 16.2. The lowest BCUT2D eigenvalue weighted by Crippen LogP contribution is -2.52. The van der Waals surface area contributed by atoms with E-state index in [1.54, 1.807) is 13.8 Å². The van der Waals surface area contributed by atoms with E-state index in [0.717, 1.165) is 0 Å². The average molecular weight is 202 g/mol. The molecule has 5 nitrogen and oxygen atoms in total. The van der Waals surface area contributed by atoms with Gasteiger partial charge in [0.15, 0.2) is 5.79 Å². The van der Waals surface area contributed by atoms with E-state index in [2.05, 4.69) is 0 Å². The molecule has 0 aromatic carbocycles. The van der Waals surface area contributed by atoms with Crippen LogP contribution in [-0.2, 0) is 14.2 Å². The quantitative estimate of drug-likeness (QED) is 0.493. The van der Waals surface area contributed by atoms with Crippen LogP contribution >= 0.6 is 0 Å². The Morgan fingerprint density at radius 2 is 1.29 bits per heavy atom. The van der Waals surface area contributed by atoms with Gasteiger partial charge in [0.25, 0.3) is 0 Å². The Bertz CT molecular complexity index is 242. The van der Waals surface area contributed by atoms with Crippen molar-refractivity contribution >= 4 is 0 Å². The Morgan fingerprint density at radius 3 is 1.71 bits per heavy atom. The van der Waals surface area contributed by atoms with Gasteiger partial charge in [-0.2, -0.15) is 0 Å². The van der Waals surface area contributed by atoms with Crippen molar-refractivity contribution in [3.05, 3.63) is 0 Å². The van der Waals surface area contributed by atoms with Gasteiger partial charge in [0, 0.05) is 0 Å². The maximum absolute atomic E-state index is 9.80. The normalized spacial score (nSPS) is 59.1. The molecule has 2 N–H and O–H groups in total. The lowest BCUT2D eigenvalue weighted by atomic mass is 9.90. The molecule has 3 aliphatic rings. The van der Waals surface area contributed by atoms with Gasteiger partial charge in [0.2, 0.25) is 0 Å². The van der Waals surface area contributed by atoms with Gasteiger partial charge in [-0.05, 0) is 13.8 Å². The molecule has 5 heteroatoms. The van der Waals surface area contributed by atoms with Gasteiger partial charge in [-0.15, -0.1) is 0 Å². The summed E-state index contributed by atoms with van der Waals surface area (Å²) >= 11 is 0. The molecule has 1 aliphatic carbocycles. The van der Waals surface area contributed by atoms with Crippen molar-refractivity contribution in [3.8, 4) is 0 Å². The number of aliphatic hydroxyl groups is 2. The first kappa shape index (κ1) is 9.06. The first-order valence-corrected chi connectivity index (χ1v) is 4.87. The summed E-state index contributed by atoms with van der Waals surface area (Å²) in [5.41, 5.74) is 0. The van der Waals surface area contributed by atoms with E-state index in [1.165, 1.54) is 0 Å². The third-order valence-corrected chi connectivity index (χ3v) is 3.07. The summed E-state index contributed by atoms with van der Waals surface area (Å²) in [7, 11) is 0. The van der Waals surface area contributed by atoms with Crippen LogP contribution in [0.25, 0.3) is 0 Å². The summed E-state index contributed by atoms with van der Waals surface area (Å²) in [5, 5.41) is 19.6. The third kappa shape index (κ3) is 1.07. The van der Waals surface area contributed by atoms with E-state index in [9.17, 15) is 10.2 Å². The second-order valence-electron chi connectivity index (χ2n) is 4.61. The largest absolute Gasteiger partial charge is 0.387 e. The zero-order valence-corrected chi connectivity index (χ0v) is 8.08. The van der Waals surface area contributed by atoms with Crippen molar-refractivity contribution in [2.24, 2.45) is 0 Å². The van der Waals surface area contributed by atoms with Gasteiger partial charge < -0.3 is 24.4 Å². The zero-order chi connectivity index (χ0) is 10.1. The predicted molar refractivity (Wildman–Crippen MR) is 44.5 cm³/mol. The molecule has 2 aliphatic heterocycles. The first-order chi connectivity index (χ1) is 6.49. The van der Waals surface area contributed by atoms with Gasteiger partial charge in [-0.1, -0.05) is 0 Å². The molecule has 3 fully saturated rings. The lowest BCUT2D eigenvalue weighted by Gasteiger charge is -2.27. The Hall–Kier alpha value is -0.200. The number of hydrogen-bond donors (Lipinski definition) is 2. The highest BCUT2D eigenvalue weighted by Gasteiger charge is 2.65. The van der Waals surface area contributed by atoms with E-state index >= 15 is 0 Å². The number of hydrogen-bond acceptors (Lipinski definition) is 5. The van der Waals surface area contributed by atoms with Crippen LogP contribution in [0.3, 0.4) is 0 Å². The number of fused-ring (bicyclic) bond motifs is 2. The van der Waals surface area contributed by atoms with Crippen LogP contribution in [0.5, 0.6) is 0 Å². The Morgan fingerprint density at radius 1 is 0.857 bits per heavy atom. The van der Waals surface area contributed by atoms with Gasteiger partial charge in [0.05, 0.1) is 0 Å². The average Bonchev–Trinajstić information content (AvgIpc) is 2.81. The molecule has 0 bridgehead atoms. The molecule has 0 radical (unpaired) electrons. The van der Waals surface area contributed by atoms with Gasteiger partial charge in [0.1, 0.15) is 36.6 Å². The van der Waals surface area contributed by atoms with Crippen LogP contribution in [-0.4, -0.2) is 52.6 Å². The van der Waals surface area contributed by atoms with Crippen molar-refractivity contribution in [2.45, 2.75) is 56.3 Å². The van der Waals surface area contributed by atoms with E-state index in [-0.39, 0.29) is 12.2 Å². The summed E-state index contributed by atoms with van der Waals surface area (Å²) in [5.74, 6) is -0.728. The molecule has 80 valence electrons. The Balaban J connectivity index is 1.87. The van der Waals surface area contributed by atoms with Gasteiger partial charge >= 0.3 is 0 Å². The fraction of sp³-hybridized carbons (Fsp3) is 1.00. The molecule has 0 spiro atoms. The van der Waals surface area contributed by atoms with E-state index < -0.39 is 30.2 Å².